The lowest BCUT2D eigenvalue weighted by Gasteiger charge is -2.19. The molecule has 1 saturated carbocycles. The van der Waals surface area contributed by atoms with Gasteiger partial charge in [0.25, 0.3) is 0 Å². The number of anilines is 1. The van der Waals surface area contributed by atoms with Crippen molar-refractivity contribution in [3.8, 4) is 0 Å². The number of nitrogens with zero attached hydrogens (tertiary/aromatic N) is 1. The normalized spacial score (nSPS) is 19.8. The van der Waals surface area contributed by atoms with Gasteiger partial charge in [-0.3, -0.25) is 14.5 Å². The summed E-state index contributed by atoms with van der Waals surface area (Å²) in [5.41, 5.74) is 4.33. The minimum Gasteiger partial charge on any atom is -0.348 e. The Morgan fingerprint density at radius 2 is 1.77 bits per heavy atom. The molecule has 2 aromatic rings. The molecule has 0 radical (unpaired) electrons. The molecule has 162 valence electrons. The third-order valence-electron chi connectivity index (χ3n) is 5.54. The summed E-state index contributed by atoms with van der Waals surface area (Å²) in [5.74, 6) is 0.285. The van der Waals surface area contributed by atoms with Crippen LogP contribution in [0.5, 0.6) is 0 Å². The third-order valence-corrected chi connectivity index (χ3v) is 6.13. The number of hydrogen-bond donors (Lipinski definition) is 2. The average molecular weight is 430 g/mol. The highest BCUT2D eigenvalue weighted by molar-refractivity contribution is 7.92. The van der Waals surface area contributed by atoms with Gasteiger partial charge in [-0.2, -0.15) is 0 Å². The minimum atomic E-state index is -3.36. The second-order valence-corrected chi connectivity index (χ2v) is 11.0. The van der Waals surface area contributed by atoms with Gasteiger partial charge >= 0.3 is 0 Å². The molecule has 0 bridgehead atoms. The molecule has 1 aromatic heterocycles. The molecule has 1 fully saturated rings. The van der Waals surface area contributed by atoms with Crippen LogP contribution in [0, 0.1) is 12.8 Å². The number of hydrogen-bond acceptors (Lipinski definition) is 4. The smallest absolute Gasteiger partial charge is 0.229 e. The maximum atomic E-state index is 12.7. The van der Waals surface area contributed by atoms with Crippen LogP contribution in [-0.2, 0) is 20.2 Å². The molecular formula is C23H31N3O3S. The number of sulfonamides is 1. The highest BCUT2D eigenvalue weighted by Crippen LogP contribution is 2.48. The number of carbonyl (C=O) groups excluding carboxylic acids is 1. The largest absolute Gasteiger partial charge is 0.348 e. The van der Waals surface area contributed by atoms with Crippen molar-refractivity contribution in [2.75, 3.05) is 11.0 Å². The van der Waals surface area contributed by atoms with Gasteiger partial charge in [-0.05, 0) is 54.9 Å². The highest BCUT2D eigenvalue weighted by Gasteiger charge is 2.44. The van der Waals surface area contributed by atoms with Gasteiger partial charge in [-0.25, -0.2) is 8.42 Å². The maximum absolute atomic E-state index is 12.7. The molecule has 7 heteroatoms. The van der Waals surface area contributed by atoms with E-state index in [0.717, 1.165) is 12.7 Å². The van der Waals surface area contributed by atoms with Crippen LogP contribution in [0.1, 0.15) is 68.6 Å². The Labute approximate surface area is 179 Å². The number of aryl methyl sites for hydroxylation is 1. The lowest BCUT2D eigenvalue weighted by molar-refractivity contribution is -0.123. The monoisotopic (exact) mass is 429 g/mol. The second-order valence-electron chi connectivity index (χ2n) is 9.29. The molecule has 0 unspecified atom stereocenters. The Balaban J connectivity index is 1.61. The predicted octanol–water partition coefficient (Wildman–Crippen LogP) is 4.04. The fraction of sp³-hybridized carbons (Fsp3) is 0.478. The minimum absolute atomic E-state index is 0.0137. The number of benzene rings is 1. The van der Waals surface area contributed by atoms with Crippen LogP contribution >= 0.6 is 0 Å². The van der Waals surface area contributed by atoms with E-state index in [1.165, 1.54) is 11.1 Å². The Kier molecular flexibility index (Phi) is 5.96. The van der Waals surface area contributed by atoms with Crippen molar-refractivity contribution in [2.45, 2.75) is 58.4 Å². The SMILES string of the molecule is Cc1nc([C@@H](C)NC(=O)[C@@H]2C[C@H]2c2ccc(C(C)(C)C)cc2)ccc1NS(C)(=O)=O. The first kappa shape index (κ1) is 22.3. The molecule has 2 N–H and O–H groups in total. The highest BCUT2D eigenvalue weighted by atomic mass is 32.2. The van der Waals surface area contributed by atoms with Gasteiger partial charge in [0.15, 0.2) is 0 Å². The van der Waals surface area contributed by atoms with Crippen LogP contribution in [0.25, 0.3) is 0 Å². The van der Waals surface area contributed by atoms with E-state index in [1.54, 1.807) is 19.1 Å². The topological polar surface area (TPSA) is 88.2 Å². The summed E-state index contributed by atoms with van der Waals surface area (Å²) in [6.45, 7) is 10.2. The lowest BCUT2D eigenvalue weighted by atomic mass is 9.86. The number of rotatable bonds is 6. The molecule has 1 aromatic carbocycles. The van der Waals surface area contributed by atoms with Crippen molar-refractivity contribution in [3.63, 3.8) is 0 Å². The summed E-state index contributed by atoms with van der Waals surface area (Å²) < 4.78 is 25.3. The van der Waals surface area contributed by atoms with Crippen molar-refractivity contribution >= 4 is 21.6 Å². The first-order chi connectivity index (χ1) is 13.8. The fourth-order valence-electron chi connectivity index (χ4n) is 3.61. The van der Waals surface area contributed by atoms with Gasteiger partial charge in [-0.15, -0.1) is 0 Å². The van der Waals surface area contributed by atoms with Crippen LogP contribution in [0.2, 0.25) is 0 Å². The van der Waals surface area contributed by atoms with Crippen LogP contribution in [0.15, 0.2) is 36.4 Å². The molecule has 30 heavy (non-hydrogen) atoms. The zero-order chi connectivity index (χ0) is 22.3. The molecular weight excluding hydrogens is 398 g/mol. The molecule has 3 rings (SSSR count). The van der Waals surface area contributed by atoms with E-state index in [0.29, 0.717) is 17.1 Å². The Morgan fingerprint density at radius 1 is 1.13 bits per heavy atom. The van der Waals surface area contributed by atoms with Crippen molar-refractivity contribution in [2.24, 2.45) is 5.92 Å². The van der Waals surface area contributed by atoms with Gasteiger partial charge in [0, 0.05) is 5.92 Å². The summed E-state index contributed by atoms with van der Waals surface area (Å²) in [4.78, 5) is 17.2. The molecule has 0 spiro atoms. The maximum Gasteiger partial charge on any atom is 0.229 e. The standard InChI is InChI=1S/C23H31N3O3S/c1-14(20-11-12-21(15(2)24-20)26-30(6,28)29)25-22(27)19-13-18(19)16-7-9-17(10-8-16)23(3,4)5/h7-12,14,18-19,26H,13H2,1-6H3,(H,25,27)/t14-,18+,19-/m1/s1. The van der Waals surface area contributed by atoms with E-state index in [1.807, 2.05) is 6.92 Å². The van der Waals surface area contributed by atoms with E-state index >= 15 is 0 Å². The molecule has 6 nitrogen and oxygen atoms in total. The molecule has 1 aliphatic carbocycles. The second kappa shape index (κ2) is 8.02. The molecule has 0 saturated heterocycles. The van der Waals surface area contributed by atoms with Crippen LogP contribution in [0.4, 0.5) is 5.69 Å². The predicted molar refractivity (Wildman–Crippen MR) is 120 cm³/mol. The van der Waals surface area contributed by atoms with Gasteiger partial charge < -0.3 is 5.32 Å². The summed E-state index contributed by atoms with van der Waals surface area (Å²) in [7, 11) is -3.36. The van der Waals surface area contributed by atoms with Gasteiger partial charge in [-0.1, -0.05) is 45.0 Å². The third kappa shape index (κ3) is 5.39. The summed E-state index contributed by atoms with van der Waals surface area (Å²) >= 11 is 0. The van der Waals surface area contributed by atoms with Crippen LogP contribution < -0.4 is 10.0 Å². The van der Waals surface area contributed by atoms with Crippen molar-refractivity contribution in [1.82, 2.24) is 10.3 Å². The molecule has 1 heterocycles. The number of aromatic nitrogens is 1. The van der Waals surface area contributed by atoms with Crippen molar-refractivity contribution in [3.05, 3.63) is 58.9 Å². The van der Waals surface area contributed by atoms with Crippen molar-refractivity contribution in [1.29, 1.82) is 0 Å². The van der Waals surface area contributed by atoms with Crippen LogP contribution in [0.3, 0.4) is 0 Å². The summed E-state index contributed by atoms with van der Waals surface area (Å²) in [6.07, 6.45) is 1.96. The average Bonchev–Trinajstić information content (AvgIpc) is 3.42. The summed E-state index contributed by atoms with van der Waals surface area (Å²) in [5, 5.41) is 3.05. The van der Waals surface area contributed by atoms with Gasteiger partial charge in [0.1, 0.15) is 0 Å². The van der Waals surface area contributed by atoms with E-state index in [-0.39, 0.29) is 29.2 Å². The molecule has 3 atom stereocenters. The number of nitrogens with one attached hydrogen (secondary N) is 2. The summed E-state index contributed by atoms with van der Waals surface area (Å²) in [6, 6.07) is 11.8. The fourth-order valence-corrected chi connectivity index (χ4v) is 4.22. The zero-order valence-corrected chi connectivity index (χ0v) is 19.3. The Morgan fingerprint density at radius 3 is 2.30 bits per heavy atom. The van der Waals surface area contributed by atoms with Crippen molar-refractivity contribution < 1.29 is 13.2 Å². The molecule has 1 aliphatic rings. The van der Waals surface area contributed by atoms with Crippen LogP contribution in [-0.4, -0.2) is 25.6 Å². The quantitative estimate of drug-likeness (QED) is 0.725. The van der Waals surface area contributed by atoms with E-state index in [9.17, 15) is 13.2 Å². The first-order valence-corrected chi connectivity index (χ1v) is 12.1. The first-order valence-electron chi connectivity index (χ1n) is 10.2. The molecule has 0 aliphatic heterocycles. The Hall–Kier alpha value is -2.41. The number of carbonyl (C=O) groups is 1. The van der Waals surface area contributed by atoms with Gasteiger partial charge in [0.05, 0.1) is 29.4 Å². The Bertz CT molecular complexity index is 1040. The zero-order valence-electron chi connectivity index (χ0n) is 18.5. The van der Waals surface area contributed by atoms with E-state index in [2.05, 4.69) is 60.1 Å². The number of pyridine rings is 1. The van der Waals surface area contributed by atoms with E-state index in [4.69, 9.17) is 0 Å². The van der Waals surface area contributed by atoms with Gasteiger partial charge in [0.2, 0.25) is 15.9 Å². The molecule has 1 amide bonds. The number of amides is 1. The van der Waals surface area contributed by atoms with E-state index < -0.39 is 10.0 Å². The lowest BCUT2D eigenvalue weighted by Crippen LogP contribution is -2.29.